The predicted molar refractivity (Wildman–Crippen MR) is 67.9 cm³/mol. The van der Waals surface area contributed by atoms with E-state index < -0.39 is 0 Å². The van der Waals surface area contributed by atoms with Crippen LogP contribution in [0.5, 0.6) is 0 Å². The number of aryl methyl sites for hydroxylation is 1. The predicted octanol–water partition coefficient (Wildman–Crippen LogP) is 2.09. The fourth-order valence-corrected chi connectivity index (χ4v) is 2.81. The number of nitrogens with two attached hydrogens (primary N) is 1. The molecule has 0 aliphatic heterocycles. The highest BCUT2D eigenvalue weighted by Gasteiger charge is 2.10. The van der Waals surface area contributed by atoms with Gasteiger partial charge in [0.05, 0.1) is 5.69 Å². The van der Waals surface area contributed by atoms with Crippen LogP contribution in [0.25, 0.3) is 11.3 Å². The van der Waals surface area contributed by atoms with E-state index >= 15 is 0 Å². The molecule has 4 heteroatoms. The van der Waals surface area contributed by atoms with Crippen molar-refractivity contribution in [3.8, 4) is 11.3 Å². The lowest BCUT2D eigenvalue weighted by Crippen LogP contribution is -2.13. The zero-order valence-electron chi connectivity index (χ0n) is 9.47. The fraction of sp³-hybridized carbons (Fsp3) is 0.250. The molecule has 0 saturated heterocycles. The first-order valence-electron chi connectivity index (χ1n) is 5.26. The van der Waals surface area contributed by atoms with Crippen LogP contribution in [0.15, 0.2) is 35.4 Å². The lowest BCUT2D eigenvalue weighted by atomic mass is 10.1. The maximum atomic E-state index is 5.38. The molecular formula is C12H15N3S. The lowest BCUT2D eigenvalue weighted by Gasteiger charge is -2.05. The quantitative estimate of drug-likeness (QED) is 0.626. The van der Waals surface area contributed by atoms with E-state index in [1.165, 1.54) is 16.1 Å². The second kappa shape index (κ2) is 4.53. The van der Waals surface area contributed by atoms with E-state index in [-0.39, 0.29) is 0 Å². The van der Waals surface area contributed by atoms with Gasteiger partial charge in [-0.15, -0.1) is 0 Å². The second-order valence-electron chi connectivity index (χ2n) is 3.56. The topological polar surface area (TPSA) is 43.3 Å². The Balaban J connectivity index is 2.69. The molecule has 0 amide bonds. The molecule has 1 aromatic carbocycles. The first-order valence-corrected chi connectivity index (χ1v) is 6.07. The van der Waals surface area contributed by atoms with Crippen LogP contribution in [0.2, 0.25) is 0 Å². The third-order valence-corrected chi connectivity index (χ3v) is 3.87. The Morgan fingerprint density at radius 2 is 2.00 bits per heavy atom. The molecule has 3 nitrogen and oxygen atoms in total. The van der Waals surface area contributed by atoms with Crippen LogP contribution in [0, 0.1) is 0 Å². The molecule has 0 spiro atoms. The summed E-state index contributed by atoms with van der Waals surface area (Å²) in [4.78, 5) is 2.17. The third kappa shape index (κ3) is 1.76. The third-order valence-electron chi connectivity index (χ3n) is 2.58. The highest BCUT2D eigenvalue weighted by atomic mass is 32.1. The number of thiazole rings is 1. The molecule has 1 aromatic heterocycles. The molecule has 0 radical (unpaired) electrons. The summed E-state index contributed by atoms with van der Waals surface area (Å²) in [6.07, 6.45) is 0.998. The molecule has 1 heterocycles. The molecule has 16 heavy (non-hydrogen) atoms. The summed E-state index contributed by atoms with van der Waals surface area (Å²) in [6, 6.07) is 10.3. The largest absolute Gasteiger partial charge is 0.320 e. The molecule has 0 atom stereocenters. The standard InChI is InChI=1S/C12H15N3S/c1-3-10-11(9-7-5-4-6-8-9)15(2)12(14-13)16-10/h4-8H,3,13H2,1-2H3/b14-12-. The maximum Gasteiger partial charge on any atom is 0.207 e. The SMILES string of the molecule is CCc1s/c(=N\N)n(C)c1-c1ccccc1. The van der Waals surface area contributed by atoms with E-state index in [0.29, 0.717) is 0 Å². The Morgan fingerprint density at radius 3 is 2.56 bits per heavy atom. The van der Waals surface area contributed by atoms with Crippen molar-refractivity contribution in [1.82, 2.24) is 4.57 Å². The average Bonchev–Trinajstić information content (AvgIpc) is 2.66. The van der Waals surface area contributed by atoms with E-state index in [0.717, 1.165) is 11.2 Å². The van der Waals surface area contributed by atoms with Crippen molar-refractivity contribution in [2.75, 3.05) is 0 Å². The Morgan fingerprint density at radius 1 is 1.31 bits per heavy atom. The van der Waals surface area contributed by atoms with Crippen LogP contribution in [0.3, 0.4) is 0 Å². The second-order valence-corrected chi connectivity index (χ2v) is 4.63. The summed E-state index contributed by atoms with van der Waals surface area (Å²) in [5, 5.41) is 3.81. The zero-order chi connectivity index (χ0) is 11.5. The first kappa shape index (κ1) is 11.0. The Kier molecular flexibility index (Phi) is 3.10. The minimum Gasteiger partial charge on any atom is -0.320 e. The van der Waals surface area contributed by atoms with Gasteiger partial charge in [0, 0.05) is 11.9 Å². The summed E-state index contributed by atoms with van der Waals surface area (Å²) in [6.45, 7) is 2.15. The monoisotopic (exact) mass is 233 g/mol. The van der Waals surface area contributed by atoms with Crippen molar-refractivity contribution < 1.29 is 0 Å². The molecule has 0 aliphatic rings. The van der Waals surface area contributed by atoms with Crippen LogP contribution in [-0.4, -0.2) is 4.57 Å². The first-order chi connectivity index (χ1) is 7.77. The van der Waals surface area contributed by atoms with Crippen molar-refractivity contribution in [2.45, 2.75) is 13.3 Å². The average molecular weight is 233 g/mol. The smallest absolute Gasteiger partial charge is 0.207 e. The van der Waals surface area contributed by atoms with Crippen LogP contribution in [0.1, 0.15) is 11.8 Å². The maximum absolute atomic E-state index is 5.38. The Labute approximate surface area is 98.9 Å². The summed E-state index contributed by atoms with van der Waals surface area (Å²) < 4.78 is 2.05. The van der Waals surface area contributed by atoms with Gasteiger partial charge < -0.3 is 10.4 Å². The zero-order valence-corrected chi connectivity index (χ0v) is 10.3. The summed E-state index contributed by atoms with van der Waals surface area (Å²) in [7, 11) is 2.00. The van der Waals surface area contributed by atoms with E-state index in [4.69, 9.17) is 5.84 Å². The molecule has 0 saturated carbocycles. The van der Waals surface area contributed by atoms with Gasteiger partial charge in [0.2, 0.25) is 4.80 Å². The molecule has 0 bridgehead atoms. The van der Waals surface area contributed by atoms with Crippen molar-refractivity contribution >= 4 is 11.3 Å². The Bertz CT molecular complexity index is 537. The summed E-state index contributed by atoms with van der Waals surface area (Å²) >= 11 is 1.65. The molecule has 2 aromatic rings. The molecule has 0 unspecified atom stereocenters. The van der Waals surface area contributed by atoms with Gasteiger partial charge in [-0.25, -0.2) is 0 Å². The van der Waals surface area contributed by atoms with E-state index in [9.17, 15) is 0 Å². The molecular weight excluding hydrogens is 218 g/mol. The van der Waals surface area contributed by atoms with Crippen LogP contribution < -0.4 is 10.6 Å². The summed E-state index contributed by atoms with van der Waals surface area (Å²) in [5.74, 6) is 5.38. The highest BCUT2D eigenvalue weighted by Crippen LogP contribution is 2.25. The van der Waals surface area contributed by atoms with Gasteiger partial charge >= 0.3 is 0 Å². The number of rotatable bonds is 2. The number of hydrogen-bond donors (Lipinski definition) is 1. The number of benzene rings is 1. The van der Waals surface area contributed by atoms with Crippen molar-refractivity contribution in [3.05, 3.63) is 40.0 Å². The van der Waals surface area contributed by atoms with Crippen LogP contribution in [0.4, 0.5) is 0 Å². The molecule has 0 fully saturated rings. The number of hydrogen-bond acceptors (Lipinski definition) is 3. The molecule has 2 rings (SSSR count). The van der Waals surface area contributed by atoms with Gasteiger partial charge in [-0.2, -0.15) is 5.10 Å². The van der Waals surface area contributed by atoms with Gasteiger partial charge in [-0.3, -0.25) is 0 Å². The molecule has 2 N–H and O–H groups in total. The Hall–Kier alpha value is -1.55. The van der Waals surface area contributed by atoms with Crippen molar-refractivity contribution in [1.29, 1.82) is 0 Å². The normalized spacial score (nSPS) is 12.0. The fourth-order valence-electron chi connectivity index (χ4n) is 1.81. The van der Waals surface area contributed by atoms with Crippen molar-refractivity contribution in [3.63, 3.8) is 0 Å². The number of aromatic nitrogens is 1. The van der Waals surface area contributed by atoms with Gasteiger partial charge in [-0.1, -0.05) is 48.6 Å². The molecule has 84 valence electrons. The van der Waals surface area contributed by atoms with Gasteiger partial charge in [-0.05, 0) is 12.0 Å². The van der Waals surface area contributed by atoms with Gasteiger partial charge in [0.15, 0.2) is 0 Å². The lowest BCUT2D eigenvalue weighted by molar-refractivity contribution is 0.857. The van der Waals surface area contributed by atoms with E-state index in [1.807, 2.05) is 25.2 Å². The van der Waals surface area contributed by atoms with Gasteiger partial charge in [0.1, 0.15) is 0 Å². The summed E-state index contributed by atoms with van der Waals surface area (Å²) in [5.41, 5.74) is 2.44. The minimum absolute atomic E-state index is 0.857. The number of nitrogens with zero attached hydrogens (tertiary/aromatic N) is 2. The van der Waals surface area contributed by atoms with E-state index in [2.05, 4.69) is 28.7 Å². The van der Waals surface area contributed by atoms with Gasteiger partial charge in [0.25, 0.3) is 0 Å². The van der Waals surface area contributed by atoms with E-state index in [1.54, 1.807) is 11.3 Å². The van der Waals surface area contributed by atoms with Crippen molar-refractivity contribution in [2.24, 2.45) is 18.0 Å². The minimum atomic E-state index is 0.857. The highest BCUT2D eigenvalue weighted by molar-refractivity contribution is 7.09. The molecule has 0 aliphatic carbocycles. The van der Waals surface area contributed by atoms with Crippen LogP contribution >= 0.6 is 11.3 Å². The van der Waals surface area contributed by atoms with Crippen LogP contribution in [-0.2, 0) is 13.5 Å².